The van der Waals surface area contributed by atoms with Crippen molar-refractivity contribution in [2.24, 2.45) is 0 Å². The summed E-state index contributed by atoms with van der Waals surface area (Å²) in [5.41, 5.74) is 2.70. The highest BCUT2D eigenvalue weighted by molar-refractivity contribution is 6.30. The molecule has 0 spiro atoms. The van der Waals surface area contributed by atoms with Crippen LogP contribution in [0.15, 0.2) is 60.8 Å². The lowest BCUT2D eigenvalue weighted by Crippen LogP contribution is -2.31. The Kier molecular flexibility index (Phi) is 5.26. The Balaban J connectivity index is 1.50. The molecule has 9 heteroatoms. The predicted molar refractivity (Wildman–Crippen MR) is 105 cm³/mol. The number of ether oxygens (including phenoxy) is 2. The number of carbonyl (C=O) groups excluding carboxylic acids is 1. The second-order valence-electron chi connectivity index (χ2n) is 6.52. The van der Waals surface area contributed by atoms with E-state index in [4.69, 9.17) is 16.3 Å². The minimum Gasteiger partial charge on any atom is -0.464 e. The Morgan fingerprint density at radius 2 is 1.93 bits per heavy atom. The molecule has 4 rings (SSSR count). The smallest absolute Gasteiger partial charge is 0.464 e. The third-order valence-corrected chi connectivity index (χ3v) is 4.69. The highest BCUT2D eigenvalue weighted by atomic mass is 35.5. The van der Waals surface area contributed by atoms with Gasteiger partial charge in [0.05, 0.1) is 0 Å². The van der Waals surface area contributed by atoms with Crippen LogP contribution in [-0.2, 0) is 11.2 Å². The Morgan fingerprint density at radius 1 is 1.17 bits per heavy atom. The van der Waals surface area contributed by atoms with Gasteiger partial charge < -0.3 is 14.8 Å². The van der Waals surface area contributed by atoms with Gasteiger partial charge in [0.25, 0.3) is 5.91 Å². The zero-order chi connectivity index (χ0) is 21.3. The van der Waals surface area contributed by atoms with E-state index in [0.717, 1.165) is 28.8 Å². The second kappa shape index (κ2) is 7.87. The number of rotatable bonds is 4. The lowest BCUT2D eigenvalue weighted by molar-refractivity contribution is -0.274. The van der Waals surface area contributed by atoms with Crippen molar-refractivity contribution >= 4 is 23.2 Å². The normalized spacial score (nSPS) is 15.3. The third kappa shape index (κ3) is 4.49. The van der Waals surface area contributed by atoms with Crippen molar-refractivity contribution in [1.29, 1.82) is 0 Å². The van der Waals surface area contributed by atoms with Crippen LogP contribution < -0.4 is 14.8 Å². The first-order chi connectivity index (χ1) is 14.3. The van der Waals surface area contributed by atoms with Gasteiger partial charge >= 0.3 is 6.36 Å². The quantitative estimate of drug-likeness (QED) is 0.610. The largest absolute Gasteiger partial charge is 0.573 e. The van der Waals surface area contributed by atoms with Gasteiger partial charge in [-0.15, -0.1) is 13.2 Å². The van der Waals surface area contributed by atoms with Gasteiger partial charge in [0.15, 0.2) is 6.10 Å². The molecular weight excluding hydrogens is 421 g/mol. The summed E-state index contributed by atoms with van der Waals surface area (Å²) in [6.07, 6.45) is -3.83. The Labute approximate surface area is 174 Å². The van der Waals surface area contributed by atoms with Crippen molar-refractivity contribution < 1.29 is 27.4 Å². The van der Waals surface area contributed by atoms with Crippen molar-refractivity contribution in [2.75, 3.05) is 5.32 Å². The van der Waals surface area contributed by atoms with Gasteiger partial charge in [0.2, 0.25) is 5.88 Å². The van der Waals surface area contributed by atoms with E-state index in [2.05, 4.69) is 15.0 Å². The standard InChI is InChI=1S/C21H14ClF3N2O3/c22-13-6-4-12(5-7-13)16-8-9-26-20-17(16)11-18(29-20)19(28)27-14-2-1-3-15(10-14)30-21(23,24)25/h1-10,18H,11H2,(H,27,28). The van der Waals surface area contributed by atoms with E-state index in [1.807, 2.05) is 18.2 Å². The third-order valence-electron chi connectivity index (χ3n) is 4.44. The van der Waals surface area contributed by atoms with Crippen LogP contribution in [0.4, 0.5) is 18.9 Å². The topological polar surface area (TPSA) is 60.5 Å². The van der Waals surface area contributed by atoms with E-state index < -0.39 is 24.1 Å². The van der Waals surface area contributed by atoms with E-state index in [9.17, 15) is 18.0 Å². The van der Waals surface area contributed by atoms with Crippen LogP contribution in [0.2, 0.25) is 5.02 Å². The molecule has 1 atom stereocenters. The van der Waals surface area contributed by atoms with Gasteiger partial charge in [-0.1, -0.05) is 29.8 Å². The summed E-state index contributed by atoms with van der Waals surface area (Å²) in [4.78, 5) is 16.8. The summed E-state index contributed by atoms with van der Waals surface area (Å²) in [7, 11) is 0. The first kappa shape index (κ1) is 20.0. The monoisotopic (exact) mass is 434 g/mol. The summed E-state index contributed by atoms with van der Waals surface area (Å²) < 4.78 is 46.7. The van der Waals surface area contributed by atoms with Gasteiger partial charge in [0.1, 0.15) is 5.75 Å². The number of nitrogens with one attached hydrogen (secondary N) is 1. The number of carbonyl (C=O) groups is 1. The summed E-state index contributed by atoms with van der Waals surface area (Å²) in [6, 6.07) is 14.1. The van der Waals surface area contributed by atoms with Crippen LogP contribution in [-0.4, -0.2) is 23.4 Å². The maximum Gasteiger partial charge on any atom is 0.573 e. The number of hydrogen-bond acceptors (Lipinski definition) is 4. The zero-order valence-corrected chi connectivity index (χ0v) is 16.0. The summed E-state index contributed by atoms with van der Waals surface area (Å²) in [6.45, 7) is 0. The van der Waals surface area contributed by atoms with E-state index in [1.165, 1.54) is 12.1 Å². The Morgan fingerprint density at radius 3 is 2.67 bits per heavy atom. The maximum absolute atomic E-state index is 12.6. The number of pyridine rings is 1. The highest BCUT2D eigenvalue weighted by Crippen LogP contribution is 2.36. The number of nitrogens with zero attached hydrogens (tertiary/aromatic N) is 1. The number of hydrogen-bond donors (Lipinski definition) is 1. The van der Waals surface area contributed by atoms with Gasteiger partial charge in [-0.05, 0) is 41.5 Å². The first-order valence-electron chi connectivity index (χ1n) is 8.86. The van der Waals surface area contributed by atoms with E-state index in [-0.39, 0.29) is 12.1 Å². The van der Waals surface area contributed by atoms with Gasteiger partial charge in [-0.3, -0.25) is 4.79 Å². The van der Waals surface area contributed by atoms with Crippen LogP contribution in [0, 0.1) is 0 Å². The van der Waals surface area contributed by atoms with E-state index >= 15 is 0 Å². The summed E-state index contributed by atoms with van der Waals surface area (Å²) in [5, 5.41) is 3.16. The number of amides is 1. The van der Waals surface area contributed by atoms with E-state index in [0.29, 0.717) is 10.9 Å². The van der Waals surface area contributed by atoms with Crippen LogP contribution in [0.1, 0.15) is 5.56 Å². The maximum atomic E-state index is 12.6. The molecule has 1 aliphatic heterocycles. The molecule has 1 N–H and O–H groups in total. The summed E-state index contributed by atoms with van der Waals surface area (Å²) >= 11 is 5.94. The number of fused-ring (bicyclic) bond motifs is 1. The van der Waals surface area contributed by atoms with Crippen molar-refractivity contribution in [3.05, 3.63) is 71.4 Å². The van der Waals surface area contributed by atoms with Gasteiger partial charge in [-0.2, -0.15) is 0 Å². The minimum atomic E-state index is -4.82. The number of benzene rings is 2. The van der Waals surface area contributed by atoms with Crippen molar-refractivity contribution in [2.45, 2.75) is 18.9 Å². The molecule has 2 heterocycles. The molecule has 0 saturated carbocycles. The summed E-state index contributed by atoms with van der Waals surface area (Å²) in [5.74, 6) is -0.585. The molecule has 3 aromatic rings. The minimum absolute atomic E-state index is 0.159. The van der Waals surface area contributed by atoms with Crippen LogP contribution in [0.25, 0.3) is 11.1 Å². The average Bonchev–Trinajstić information content (AvgIpc) is 3.12. The predicted octanol–water partition coefficient (Wildman–Crippen LogP) is 5.24. The molecule has 2 aromatic carbocycles. The number of anilines is 1. The van der Waals surface area contributed by atoms with Gasteiger partial charge in [-0.25, -0.2) is 4.98 Å². The van der Waals surface area contributed by atoms with Gasteiger partial charge in [0, 0.05) is 35.0 Å². The number of halogens is 4. The van der Waals surface area contributed by atoms with E-state index in [1.54, 1.807) is 18.3 Å². The molecule has 1 aliphatic rings. The molecule has 0 aliphatic carbocycles. The van der Waals surface area contributed by atoms with Crippen LogP contribution in [0.5, 0.6) is 11.6 Å². The second-order valence-corrected chi connectivity index (χ2v) is 6.96. The molecule has 0 radical (unpaired) electrons. The Bertz CT molecular complexity index is 1090. The molecule has 0 bridgehead atoms. The zero-order valence-electron chi connectivity index (χ0n) is 15.2. The fourth-order valence-corrected chi connectivity index (χ4v) is 3.30. The molecule has 1 amide bonds. The van der Waals surface area contributed by atoms with Crippen molar-refractivity contribution in [3.63, 3.8) is 0 Å². The lowest BCUT2D eigenvalue weighted by atomic mass is 9.99. The fraction of sp³-hybridized carbons (Fsp3) is 0.143. The lowest BCUT2D eigenvalue weighted by Gasteiger charge is -2.13. The number of aromatic nitrogens is 1. The van der Waals surface area contributed by atoms with Crippen LogP contribution >= 0.6 is 11.6 Å². The number of alkyl halides is 3. The molecule has 154 valence electrons. The van der Waals surface area contributed by atoms with Crippen molar-refractivity contribution in [3.8, 4) is 22.8 Å². The first-order valence-corrected chi connectivity index (χ1v) is 9.23. The van der Waals surface area contributed by atoms with Crippen LogP contribution in [0.3, 0.4) is 0 Å². The molecule has 1 aromatic heterocycles. The highest BCUT2D eigenvalue weighted by Gasteiger charge is 2.33. The molecule has 0 fully saturated rings. The SMILES string of the molecule is O=C(Nc1cccc(OC(F)(F)F)c1)C1Cc2c(-c3ccc(Cl)cc3)ccnc2O1. The Hall–Kier alpha value is -3.26. The van der Waals surface area contributed by atoms with Crippen molar-refractivity contribution in [1.82, 2.24) is 4.98 Å². The molecule has 5 nitrogen and oxygen atoms in total. The molecule has 30 heavy (non-hydrogen) atoms. The fourth-order valence-electron chi connectivity index (χ4n) is 3.17. The molecular formula is C21H14ClF3N2O3. The molecule has 0 saturated heterocycles. The molecule has 1 unspecified atom stereocenters. The average molecular weight is 435 g/mol.